The van der Waals surface area contributed by atoms with Gasteiger partial charge in [0.05, 0.1) is 13.2 Å². The number of nitrogens with one attached hydrogen (secondary N) is 1. The highest BCUT2D eigenvalue weighted by Crippen LogP contribution is 2.26. The van der Waals surface area contributed by atoms with Gasteiger partial charge in [0.1, 0.15) is 11.6 Å². The zero-order chi connectivity index (χ0) is 13.0. The van der Waals surface area contributed by atoms with Crippen molar-refractivity contribution in [3.05, 3.63) is 53.7 Å². The van der Waals surface area contributed by atoms with Crippen LogP contribution in [0.1, 0.15) is 17.2 Å². The van der Waals surface area contributed by atoms with Gasteiger partial charge in [0.25, 0.3) is 0 Å². The summed E-state index contributed by atoms with van der Waals surface area (Å²) < 4.78 is 5.15. The number of benzene rings is 1. The summed E-state index contributed by atoms with van der Waals surface area (Å²) in [5, 5.41) is 3.25. The van der Waals surface area contributed by atoms with Crippen LogP contribution in [-0.2, 0) is 0 Å². The van der Waals surface area contributed by atoms with E-state index >= 15 is 0 Å². The normalized spacial score (nSPS) is 12.1. The van der Waals surface area contributed by atoms with Gasteiger partial charge in [0.2, 0.25) is 0 Å². The molecule has 0 aliphatic carbocycles. The van der Waals surface area contributed by atoms with Crippen molar-refractivity contribution in [2.75, 3.05) is 19.9 Å². The van der Waals surface area contributed by atoms with Gasteiger partial charge in [-0.05, 0) is 30.8 Å². The van der Waals surface area contributed by atoms with Gasteiger partial charge in [0, 0.05) is 11.8 Å². The molecule has 4 nitrogen and oxygen atoms in total. The first-order valence-electron chi connectivity index (χ1n) is 5.78. The first-order chi connectivity index (χ1) is 8.76. The topological polar surface area (TPSA) is 60.2 Å². The smallest absolute Gasteiger partial charge is 0.128 e. The van der Waals surface area contributed by atoms with E-state index in [0.29, 0.717) is 5.82 Å². The summed E-state index contributed by atoms with van der Waals surface area (Å²) in [6.45, 7) is 0. The highest BCUT2D eigenvalue weighted by Gasteiger charge is 2.14. The van der Waals surface area contributed by atoms with E-state index < -0.39 is 0 Å². The minimum absolute atomic E-state index is 0.0320. The monoisotopic (exact) mass is 243 g/mol. The minimum atomic E-state index is 0.0320. The number of ether oxygens (including phenoxy) is 1. The van der Waals surface area contributed by atoms with E-state index in [1.165, 1.54) is 0 Å². The van der Waals surface area contributed by atoms with Crippen LogP contribution in [0.25, 0.3) is 0 Å². The average Bonchev–Trinajstić information content (AvgIpc) is 2.42. The number of methoxy groups -OCH3 is 1. The van der Waals surface area contributed by atoms with Crippen molar-refractivity contribution in [3.8, 4) is 5.75 Å². The second kappa shape index (κ2) is 5.51. The predicted octanol–water partition coefficient (Wildman–Crippen LogP) is 1.98. The highest BCUT2D eigenvalue weighted by atomic mass is 16.5. The minimum Gasteiger partial charge on any atom is -0.497 e. The Morgan fingerprint density at radius 2 is 1.94 bits per heavy atom. The van der Waals surface area contributed by atoms with Crippen molar-refractivity contribution in [1.82, 2.24) is 10.3 Å². The molecule has 2 rings (SSSR count). The number of anilines is 1. The second-order valence-corrected chi connectivity index (χ2v) is 3.97. The van der Waals surface area contributed by atoms with E-state index in [-0.39, 0.29) is 6.04 Å². The molecule has 0 aliphatic rings. The molecule has 94 valence electrons. The van der Waals surface area contributed by atoms with Crippen LogP contribution in [0.5, 0.6) is 5.75 Å². The third-order valence-corrected chi connectivity index (χ3v) is 2.92. The average molecular weight is 243 g/mol. The Labute approximate surface area is 107 Å². The molecule has 0 spiro atoms. The van der Waals surface area contributed by atoms with Gasteiger partial charge in [-0.2, -0.15) is 0 Å². The maximum atomic E-state index is 5.91. The summed E-state index contributed by atoms with van der Waals surface area (Å²) in [6, 6.07) is 11.8. The molecule has 1 atom stereocenters. The van der Waals surface area contributed by atoms with E-state index in [1.807, 2.05) is 43.4 Å². The number of hydrogen-bond donors (Lipinski definition) is 2. The summed E-state index contributed by atoms with van der Waals surface area (Å²) in [5.41, 5.74) is 8.01. The van der Waals surface area contributed by atoms with Crippen molar-refractivity contribution in [1.29, 1.82) is 0 Å². The molecule has 3 N–H and O–H groups in total. The Balaban J connectivity index is 2.36. The SMILES string of the molecule is CNC(c1ccc(OC)cc1)c1cccnc1N. The van der Waals surface area contributed by atoms with Crippen LogP contribution in [-0.4, -0.2) is 19.1 Å². The van der Waals surface area contributed by atoms with Gasteiger partial charge >= 0.3 is 0 Å². The molecular formula is C14H17N3O. The first-order valence-corrected chi connectivity index (χ1v) is 5.78. The van der Waals surface area contributed by atoms with Crippen molar-refractivity contribution in [3.63, 3.8) is 0 Å². The second-order valence-electron chi connectivity index (χ2n) is 3.97. The maximum absolute atomic E-state index is 5.91. The van der Waals surface area contributed by atoms with Gasteiger partial charge < -0.3 is 15.8 Å². The van der Waals surface area contributed by atoms with Crippen LogP contribution in [0.15, 0.2) is 42.6 Å². The third kappa shape index (κ3) is 2.43. The number of nitrogen functional groups attached to an aromatic ring is 1. The lowest BCUT2D eigenvalue weighted by Crippen LogP contribution is -2.19. The number of rotatable bonds is 4. The zero-order valence-corrected chi connectivity index (χ0v) is 10.6. The van der Waals surface area contributed by atoms with Crippen LogP contribution >= 0.6 is 0 Å². The standard InChI is InChI=1S/C14H17N3O/c1-16-13(12-4-3-9-17-14(12)15)10-5-7-11(18-2)8-6-10/h3-9,13,16H,1-2H3,(H2,15,17). The van der Waals surface area contributed by atoms with Crippen molar-refractivity contribution < 1.29 is 4.74 Å². The Kier molecular flexibility index (Phi) is 3.79. The van der Waals surface area contributed by atoms with Gasteiger partial charge in [-0.1, -0.05) is 18.2 Å². The lowest BCUT2D eigenvalue weighted by atomic mass is 9.99. The number of pyridine rings is 1. The van der Waals surface area contributed by atoms with E-state index in [9.17, 15) is 0 Å². The van der Waals surface area contributed by atoms with Gasteiger partial charge in [-0.25, -0.2) is 4.98 Å². The lowest BCUT2D eigenvalue weighted by Gasteiger charge is -2.18. The molecule has 0 aliphatic heterocycles. The van der Waals surface area contributed by atoms with Crippen LogP contribution in [0.3, 0.4) is 0 Å². The van der Waals surface area contributed by atoms with Crippen molar-refractivity contribution in [2.45, 2.75) is 6.04 Å². The number of nitrogens with zero attached hydrogens (tertiary/aromatic N) is 1. The fourth-order valence-electron chi connectivity index (χ4n) is 1.97. The van der Waals surface area contributed by atoms with Gasteiger partial charge in [-0.15, -0.1) is 0 Å². The fraction of sp³-hybridized carbons (Fsp3) is 0.214. The summed E-state index contributed by atoms with van der Waals surface area (Å²) >= 11 is 0. The van der Waals surface area contributed by atoms with Crippen LogP contribution in [0.2, 0.25) is 0 Å². The van der Waals surface area contributed by atoms with Gasteiger partial charge in [-0.3, -0.25) is 0 Å². The Morgan fingerprint density at radius 1 is 1.22 bits per heavy atom. The number of nitrogens with two attached hydrogens (primary N) is 1. The molecular weight excluding hydrogens is 226 g/mol. The lowest BCUT2D eigenvalue weighted by molar-refractivity contribution is 0.414. The van der Waals surface area contributed by atoms with E-state index in [2.05, 4.69) is 10.3 Å². The van der Waals surface area contributed by atoms with Crippen LogP contribution in [0.4, 0.5) is 5.82 Å². The van der Waals surface area contributed by atoms with E-state index in [1.54, 1.807) is 13.3 Å². The molecule has 0 fully saturated rings. The summed E-state index contributed by atoms with van der Waals surface area (Å²) in [7, 11) is 3.56. The molecule has 0 radical (unpaired) electrons. The summed E-state index contributed by atoms with van der Waals surface area (Å²) in [4.78, 5) is 4.12. The molecule has 1 aromatic heterocycles. The summed E-state index contributed by atoms with van der Waals surface area (Å²) in [6.07, 6.45) is 1.69. The first kappa shape index (κ1) is 12.4. The maximum Gasteiger partial charge on any atom is 0.128 e. The zero-order valence-electron chi connectivity index (χ0n) is 10.6. The van der Waals surface area contributed by atoms with Crippen LogP contribution < -0.4 is 15.8 Å². The number of aromatic nitrogens is 1. The van der Waals surface area contributed by atoms with E-state index in [4.69, 9.17) is 10.5 Å². The van der Waals surface area contributed by atoms with Crippen molar-refractivity contribution >= 4 is 5.82 Å². The van der Waals surface area contributed by atoms with Crippen LogP contribution in [0, 0.1) is 0 Å². The molecule has 0 saturated carbocycles. The summed E-state index contributed by atoms with van der Waals surface area (Å²) in [5.74, 6) is 1.39. The Morgan fingerprint density at radius 3 is 2.50 bits per heavy atom. The molecule has 0 amide bonds. The predicted molar refractivity (Wildman–Crippen MR) is 72.5 cm³/mol. The molecule has 0 saturated heterocycles. The third-order valence-electron chi connectivity index (χ3n) is 2.92. The molecule has 18 heavy (non-hydrogen) atoms. The quantitative estimate of drug-likeness (QED) is 0.862. The van der Waals surface area contributed by atoms with E-state index in [0.717, 1.165) is 16.9 Å². The molecule has 4 heteroatoms. The van der Waals surface area contributed by atoms with Crippen molar-refractivity contribution in [2.24, 2.45) is 0 Å². The molecule has 1 unspecified atom stereocenters. The number of hydrogen-bond acceptors (Lipinski definition) is 4. The molecule has 1 aromatic carbocycles. The molecule has 1 heterocycles. The molecule has 2 aromatic rings. The Hall–Kier alpha value is -2.07. The highest BCUT2D eigenvalue weighted by molar-refractivity contribution is 5.46. The Bertz CT molecular complexity index is 511. The fourth-order valence-corrected chi connectivity index (χ4v) is 1.97. The van der Waals surface area contributed by atoms with Gasteiger partial charge in [0.15, 0.2) is 0 Å². The largest absolute Gasteiger partial charge is 0.497 e. The molecule has 0 bridgehead atoms.